The van der Waals surface area contributed by atoms with Crippen LogP contribution in [0.25, 0.3) is 17.0 Å². The summed E-state index contributed by atoms with van der Waals surface area (Å²) in [5, 5.41) is 1.05. The number of ether oxygens (including phenoxy) is 2. The predicted octanol–water partition coefficient (Wildman–Crippen LogP) is 3.95. The third-order valence-electron chi connectivity index (χ3n) is 6.38. The molecule has 0 aliphatic carbocycles. The monoisotopic (exact) mass is 513 g/mol. The Morgan fingerprint density at radius 2 is 1.95 bits per heavy atom. The van der Waals surface area contributed by atoms with Crippen LogP contribution in [-0.2, 0) is 16.1 Å². The molecular weight excluding hydrogens is 486 g/mol. The fourth-order valence-electron chi connectivity index (χ4n) is 4.71. The summed E-state index contributed by atoms with van der Waals surface area (Å²) in [6, 6.07) is 14.8. The van der Waals surface area contributed by atoms with E-state index in [1.165, 1.54) is 11.3 Å². The fourth-order valence-corrected chi connectivity index (χ4v) is 5.75. The Morgan fingerprint density at radius 1 is 1.19 bits per heavy atom. The first-order valence-electron chi connectivity index (χ1n) is 12.0. The van der Waals surface area contributed by atoms with Crippen molar-refractivity contribution in [1.82, 2.24) is 9.13 Å². The molecule has 5 rings (SSSR count). The number of hydrogen-bond donors (Lipinski definition) is 0. The number of carbonyl (C=O) groups excluding carboxylic acids is 1. The minimum absolute atomic E-state index is 0.209. The molecule has 0 bridgehead atoms. The first-order chi connectivity index (χ1) is 18.0. The highest BCUT2D eigenvalue weighted by atomic mass is 32.1. The van der Waals surface area contributed by atoms with Crippen LogP contribution in [0, 0.1) is 0 Å². The first-order valence-corrected chi connectivity index (χ1v) is 12.8. The zero-order valence-corrected chi connectivity index (χ0v) is 21.7. The van der Waals surface area contributed by atoms with Gasteiger partial charge >= 0.3 is 5.97 Å². The van der Waals surface area contributed by atoms with E-state index in [0.717, 1.165) is 22.0 Å². The van der Waals surface area contributed by atoms with Gasteiger partial charge in [0.25, 0.3) is 5.56 Å². The molecular formula is C29H27N3O4S. The van der Waals surface area contributed by atoms with Crippen molar-refractivity contribution in [1.29, 1.82) is 0 Å². The molecule has 2 aromatic carbocycles. The lowest BCUT2D eigenvalue weighted by atomic mass is 9.96. The summed E-state index contributed by atoms with van der Waals surface area (Å²) in [5.74, 6) is 0.205. The highest BCUT2D eigenvalue weighted by molar-refractivity contribution is 7.07. The number of methoxy groups -OCH3 is 1. The zero-order chi connectivity index (χ0) is 26.1. The SMILES string of the molecule is C=CCn1cc(/C=c2/sc3n(c2=O)C(c2ccc(OC)cc2)C(C(=O)OCC)=C(C)N=3)c2ccccc21. The summed E-state index contributed by atoms with van der Waals surface area (Å²) < 4.78 is 14.9. The van der Waals surface area contributed by atoms with E-state index in [-0.39, 0.29) is 12.2 Å². The number of thiazole rings is 1. The molecule has 1 unspecified atom stereocenters. The van der Waals surface area contributed by atoms with Crippen molar-refractivity contribution in [2.45, 2.75) is 26.4 Å². The van der Waals surface area contributed by atoms with Gasteiger partial charge in [-0.25, -0.2) is 9.79 Å². The summed E-state index contributed by atoms with van der Waals surface area (Å²) in [7, 11) is 1.60. The summed E-state index contributed by atoms with van der Waals surface area (Å²) >= 11 is 1.31. The third-order valence-corrected chi connectivity index (χ3v) is 7.36. The Hall–Kier alpha value is -4.17. The summed E-state index contributed by atoms with van der Waals surface area (Å²) in [6.45, 7) is 8.29. The molecule has 3 heterocycles. The summed E-state index contributed by atoms with van der Waals surface area (Å²) in [6.07, 6.45) is 5.78. The Morgan fingerprint density at radius 3 is 2.65 bits per heavy atom. The minimum Gasteiger partial charge on any atom is -0.497 e. The van der Waals surface area contributed by atoms with Gasteiger partial charge in [0.05, 0.1) is 35.6 Å². The molecule has 188 valence electrons. The fraction of sp³-hybridized carbons (Fsp3) is 0.207. The van der Waals surface area contributed by atoms with Gasteiger partial charge in [0.15, 0.2) is 4.80 Å². The van der Waals surface area contributed by atoms with Gasteiger partial charge in [-0.05, 0) is 43.7 Å². The van der Waals surface area contributed by atoms with Gasteiger partial charge in [0.1, 0.15) is 5.75 Å². The number of hydrogen-bond acceptors (Lipinski definition) is 6. The Labute approximate surface area is 217 Å². The van der Waals surface area contributed by atoms with Crippen LogP contribution >= 0.6 is 11.3 Å². The standard InChI is InChI=1S/C29H27N3O4S/c1-5-15-31-17-20(22-9-7-8-10-23(22)31)16-24-27(33)32-26(19-11-13-21(35-4)14-12-19)25(28(34)36-6-2)18(3)30-29(32)37-24/h5,7-14,16-17,26H,1,6,15H2,2-4H3/b24-16+. The summed E-state index contributed by atoms with van der Waals surface area (Å²) in [5.41, 5.74) is 3.46. The molecule has 4 aromatic rings. The van der Waals surface area contributed by atoms with Gasteiger partial charge in [-0.1, -0.05) is 47.7 Å². The molecule has 0 N–H and O–H groups in total. The van der Waals surface area contributed by atoms with E-state index in [0.29, 0.717) is 32.9 Å². The van der Waals surface area contributed by atoms with Gasteiger partial charge < -0.3 is 14.0 Å². The van der Waals surface area contributed by atoms with E-state index < -0.39 is 12.0 Å². The molecule has 0 spiro atoms. The van der Waals surface area contributed by atoms with Crippen LogP contribution in [0.4, 0.5) is 0 Å². The third kappa shape index (κ3) is 4.34. The van der Waals surface area contributed by atoms with Gasteiger partial charge in [-0.3, -0.25) is 9.36 Å². The van der Waals surface area contributed by atoms with Crippen LogP contribution in [0.3, 0.4) is 0 Å². The molecule has 8 heteroatoms. The van der Waals surface area contributed by atoms with Gasteiger partial charge in [-0.2, -0.15) is 0 Å². The van der Waals surface area contributed by atoms with Crippen molar-refractivity contribution >= 4 is 34.3 Å². The number of aromatic nitrogens is 2. The Balaban J connectivity index is 1.73. The van der Waals surface area contributed by atoms with Crippen molar-refractivity contribution in [3.05, 3.63) is 109 Å². The average Bonchev–Trinajstić information content (AvgIpc) is 3.40. The lowest BCUT2D eigenvalue weighted by Gasteiger charge is -2.24. The second-order valence-corrected chi connectivity index (χ2v) is 9.63. The van der Waals surface area contributed by atoms with Crippen molar-refractivity contribution in [3.8, 4) is 5.75 Å². The highest BCUT2D eigenvalue weighted by Crippen LogP contribution is 2.31. The maximum atomic E-state index is 13.9. The van der Waals surface area contributed by atoms with Crippen LogP contribution < -0.4 is 19.6 Å². The molecule has 1 atom stereocenters. The molecule has 7 nitrogen and oxygen atoms in total. The first kappa shape index (κ1) is 24.5. The van der Waals surface area contributed by atoms with Crippen LogP contribution in [-0.4, -0.2) is 28.8 Å². The number of fused-ring (bicyclic) bond motifs is 2. The number of esters is 1. The molecule has 0 amide bonds. The number of carbonyl (C=O) groups is 1. The largest absolute Gasteiger partial charge is 0.497 e. The summed E-state index contributed by atoms with van der Waals surface area (Å²) in [4.78, 5) is 32.1. The molecule has 0 saturated carbocycles. The van der Waals surface area contributed by atoms with Crippen molar-refractivity contribution in [2.75, 3.05) is 13.7 Å². The topological polar surface area (TPSA) is 74.8 Å². The van der Waals surface area contributed by atoms with E-state index in [1.54, 1.807) is 25.5 Å². The second kappa shape index (κ2) is 10.1. The molecule has 37 heavy (non-hydrogen) atoms. The van der Waals surface area contributed by atoms with E-state index in [1.807, 2.05) is 60.8 Å². The number of allylic oxidation sites excluding steroid dienone is 2. The lowest BCUT2D eigenvalue weighted by Crippen LogP contribution is -2.39. The van der Waals surface area contributed by atoms with E-state index in [2.05, 4.69) is 22.2 Å². The van der Waals surface area contributed by atoms with E-state index in [4.69, 9.17) is 9.47 Å². The van der Waals surface area contributed by atoms with Gasteiger partial charge in [0.2, 0.25) is 0 Å². The van der Waals surface area contributed by atoms with Crippen LogP contribution in [0.2, 0.25) is 0 Å². The molecule has 1 aliphatic heterocycles. The maximum Gasteiger partial charge on any atom is 0.338 e. The minimum atomic E-state index is -0.662. The zero-order valence-electron chi connectivity index (χ0n) is 20.9. The molecule has 0 saturated heterocycles. The number of para-hydroxylation sites is 1. The van der Waals surface area contributed by atoms with Gasteiger partial charge in [-0.15, -0.1) is 6.58 Å². The number of nitrogens with zero attached hydrogens (tertiary/aromatic N) is 3. The van der Waals surface area contributed by atoms with E-state index >= 15 is 0 Å². The Kier molecular flexibility index (Phi) is 6.67. The number of benzene rings is 2. The van der Waals surface area contributed by atoms with Crippen molar-refractivity contribution in [3.63, 3.8) is 0 Å². The lowest BCUT2D eigenvalue weighted by molar-refractivity contribution is -0.139. The van der Waals surface area contributed by atoms with Crippen molar-refractivity contribution in [2.24, 2.45) is 4.99 Å². The van der Waals surface area contributed by atoms with E-state index in [9.17, 15) is 9.59 Å². The van der Waals surface area contributed by atoms with Crippen LogP contribution in [0.5, 0.6) is 5.75 Å². The molecule has 1 aliphatic rings. The molecule has 0 fully saturated rings. The highest BCUT2D eigenvalue weighted by Gasteiger charge is 2.33. The van der Waals surface area contributed by atoms with Gasteiger partial charge in [0, 0.05) is 29.2 Å². The maximum absolute atomic E-state index is 13.9. The van der Waals surface area contributed by atoms with Crippen molar-refractivity contribution < 1.29 is 14.3 Å². The normalized spacial score (nSPS) is 15.4. The average molecular weight is 514 g/mol. The van der Waals surface area contributed by atoms with Crippen LogP contribution in [0.1, 0.15) is 31.0 Å². The molecule has 2 aromatic heterocycles. The Bertz CT molecular complexity index is 1720. The number of rotatable bonds is 7. The van der Waals surface area contributed by atoms with Crippen LogP contribution in [0.15, 0.2) is 88.4 Å². The predicted molar refractivity (Wildman–Crippen MR) is 146 cm³/mol. The molecule has 0 radical (unpaired) electrons. The smallest absolute Gasteiger partial charge is 0.338 e. The quantitative estimate of drug-likeness (QED) is 0.277. The second-order valence-electron chi connectivity index (χ2n) is 8.62.